The molecule has 19 heavy (non-hydrogen) atoms. The summed E-state index contributed by atoms with van der Waals surface area (Å²) >= 11 is 0. The molecule has 110 valence electrons. The standard InChI is InChI=1S/C14H26N2O3/c1-10-5-4-6-12(8-7-10)15-14(19)16(3)9-11(2)13(17)18/h10-12H,4-9H2,1-3H3,(H,15,19)(H,17,18). The van der Waals surface area contributed by atoms with Gasteiger partial charge in [-0.05, 0) is 25.2 Å². The van der Waals surface area contributed by atoms with Gasteiger partial charge in [-0.3, -0.25) is 4.79 Å². The highest BCUT2D eigenvalue weighted by Gasteiger charge is 2.21. The summed E-state index contributed by atoms with van der Waals surface area (Å²) in [6.07, 6.45) is 5.59. The van der Waals surface area contributed by atoms with Crippen LogP contribution in [0.2, 0.25) is 0 Å². The van der Waals surface area contributed by atoms with E-state index >= 15 is 0 Å². The first-order valence-electron chi connectivity index (χ1n) is 7.14. The molecule has 1 rings (SSSR count). The third-order valence-electron chi connectivity index (χ3n) is 3.90. The zero-order valence-corrected chi connectivity index (χ0v) is 12.2. The normalized spacial score (nSPS) is 25.2. The smallest absolute Gasteiger partial charge is 0.317 e. The van der Waals surface area contributed by atoms with Crippen LogP contribution < -0.4 is 5.32 Å². The Morgan fingerprint density at radius 3 is 2.63 bits per heavy atom. The zero-order chi connectivity index (χ0) is 14.4. The van der Waals surface area contributed by atoms with Crippen molar-refractivity contribution in [3.05, 3.63) is 0 Å². The summed E-state index contributed by atoms with van der Waals surface area (Å²) < 4.78 is 0. The number of carbonyl (C=O) groups excluding carboxylic acids is 1. The van der Waals surface area contributed by atoms with E-state index in [9.17, 15) is 9.59 Å². The predicted octanol–water partition coefficient (Wildman–Crippen LogP) is 2.32. The molecule has 2 amide bonds. The highest BCUT2D eigenvalue weighted by atomic mass is 16.4. The number of hydrogen-bond donors (Lipinski definition) is 2. The molecule has 0 heterocycles. The number of rotatable bonds is 4. The first-order chi connectivity index (χ1) is 8.90. The fourth-order valence-electron chi connectivity index (χ4n) is 2.49. The van der Waals surface area contributed by atoms with Crippen molar-refractivity contribution < 1.29 is 14.7 Å². The monoisotopic (exact) mass is 270 g/mol. The number of nitrogens with zero attached hydrogens (tertiary/aromatic N) is 1. The number of urea groups is 1. The molecule has 5 heteroatoms. The molecule has 0 aromatic carbocycles. The highest BCUT2D eigenvalue weighted by Crippen LogP contribution is 2.22. The summed E-state index contributed by atoms with van der Waals surface area (Å²) in [5.74, 6) is -0.667. The molecule has 1 fully saturated rings. The number of carbonyl (C=O) groups is 2. The molecule has 3 atom stereocenters. The minimum atomic E-state index is -0.872. The zero-order valence-electron chi connectivity index (χ0n) is 12.2. The molecule has 2 N–H and O–H groups in total. The van der Waals surface area contributed by atoms with Crippen LogP contribution >= 0.6 is 0 Å². The first-order valence-corrected chi connectivity index (χ1v) is 7.14. The van der Waals surface area contributed by atoms with Crippen LogP contribution in [0.15, 0.2) is 0 Å². The number of carboxylic acids is 1. The molecule has 1 aliphatic carbocycles. The van der Waals surface area contributed by atoms with E-state index in [-0.39, 0.29) is 18.6 Å². The Morgan fingerprint density at radius 2 is 2.00 bits per heavy atom. The largest absolute Gasteiger partial charge is 0.481 e. The molecule has 0 aromatic heterocycles. The second-order valence-corrected chi connectivity index (χ2v) is 5.88. The molecule has 1 saturated carbocycles. The summed E-state index contributed by atoms with van der Waals surface area (Å²) in [7, 11) is 1.65. The molecule has 0 radical (unpaired) electrons. The Morgan fingerprint density at radius 1 is 1.32 bits per heavy atom. The van der Waals surface area contributed by atoms with Crippen LogP contribution in [0.25, 0.3) is 0 Å². The average Bonchev–Trinajstić information content (AvgIpc) is 2.54. The first kappa shape index (κ1) is 15.8. The third kappa shape index (κ3) is 5.49. The number of hydrogen-bond acceptors (Lipinski definition) is 2. The number of carboxylic acid groups (broad SMARTS) is 1. The third-order valence-corrected chi connectivity index (χ3v) is 3.90. The maximum Gasteiger partial charge on any atom is 0.317 e. The van der Waals surface area contributed by atoms with Gasteiger partial charge in [0, 0.05) is 19.6 Å². The Labute approximate surface area is 115 Å². The van der Waals surface area contributed by atoms with E-state index in [4.69, 9.17) is 5.11 Å². The molecular formula is C14H26N2O3. The van der Waals surface area contributed by atoms with Gasteiger partial charge in [0.15, 0.2) is 0 Å². The van der Waals surface area contributed by atoms with Gasteiger partial charge in [-0.1, -0.05) is 26.7 Å². The lowest BCUT2D eigenvalue weighted by molar-refractivity contribution is -0.141. The molecule has 0 aromatic rings. The summed E-state index contributed by atoms with van der Waals surface area (Å²) in [6, 6.07) is 0.0766. The number of amides is 2. The van der Waals surface area contributed by atoms with Gasteiger partial charge < -0.3 is 15.3 Å². The lowest BCUT2D eigenvalue weighted by atomic mass is 10.0. The second-order valence-electron chi connectivity index (χ2n) is 5.88. The highest BCUT2D eigenvalue weighted by molar-refractivity contribution is 5.75. The van der Waals surface area contributed by atoms with E-state index in [1.165, 1.54) is 11.3 Å². The summed E-state index contributed by atoms with van der Waals surface area (Å²) in [5, 5.41) is 11.9. The van der Waals surface area contributed by atoms with E-state index < -0.39 is 11.9 Å². The number of nitrogens with one attached hydrogen (secondary N) is 1. The molecule has 3 unspecified atom stereocenters. The molecular weight excluding hydrogens is 244 g/mol. The molecule has 5 nitrogen and oxygen atoms in total. The van der Waals surface area contributed by atoms with Gasteiger partial charge in [0.1, 0.15) is 0 Å². The van der Waals surface area contributed by atoms with Gasteiger partial charge in [0.05, 0.1) is 5.92 Å². The van der Waals surface area contributed by atoms with E-state index in [2.05, 4.69) is 12.2 Å². The lowest BCUT2D eigenvalue weighted by Crippen LogP contribution is -2.45. The van der Waals surface area contributed by atoms with Crippen molar-refractivity contribution in [3.63, 3.8) is 0 Å². The summed E-state index contributed by atoms with van der Waals surface area (Å²) in [4.78, 5) is 24.2. The van der Waals surface area contributed by atoms with Crippen LogP contribution in [0.3, 0.4) is 0 Å². The average molecular weight is 270 g/mol. The van der Waals surface area contributed by atoms with Crippen molar-refractivity contribution in [2.24, 2.45) is 11.8 Å². The molecule has 0 spiro atoms. The van der Waals surface area contributed by atoms with Gasteiger partial charge >= 0.3 is 12.0 Å². The maximum atomic E-state index is 12.0. The van der Waals surface area contributed by atoms with Gasteiger partial charge in [0.25, 0.3) is 0 Å². The Hall–Kier alpha value is -1.26. The van der Waals surface area contributed by atoms with E-state index in [1.807, 2.05) is 0 Å². The fourth-order valence-corrected chi connectivity index (χ4v) is 2.49. The molecule has 0 bridgehead atoms. The van der Waals surface area contributed by atoms with E-state index in [0.29, 0.717) is 0 Å². The van der Waals surface area contributed by atoms with Crippen molar-refractivity contribution >= 4 is 12.0 Å². The Kier molecular flexibility index (Phi) is 6.12. The van der Waals surface area contributed by atoms with E-state index in [1.54, 1.807) is 14.0 Å². The van der Waals surface area contributed by atoms with Gasteiger partial charge in [-0.25, -0.2) is 4.79 Å². The Bertz CT molecular complexity index is 320. The summed E-state index contributed by atoms with van der Waals surface area (Å²) in [6.45, 7) is 4.11. The summed E-state index contributed by atoms with van der Waals surface area (Å²) in [5.41, 5.74) is 0. The van der Waals surface area contributed by atoms with Crippen LogP contribution in [-0.4, -0.2) is 41.6 Å². The molecule has 0 saturated heterocycles. The quantitative estimate of drug-likeness (QED) is 0.770. The van der Waals surface area contributed by atoms with Crippen LogP contribution in [-0.2, 0) is 4.79 Å². The minimum absolute atomic E-state index is 0.160. The van der Waals surface area contributed by atoms with Crippen molar-refractivity contribution in [1.82, 2.24) is 10.2 Å². The van der Waals surface area contributed by atoms with Crippen LogP contribution in [0.4, 0.5) is 4.79 Å². The second kappa shape index (κ2) is 7.36. The van der Waals surface area contributed by atoms with E-state index in [0.717, 1.165) is 31.6 Å². The minimum Gasteiger partial charge on any atom is -0.481 e. The van der Waals surface area contributed by atoms with Crippen molar-refractivity contribution in [3.8, 4) is 0 Å². The predicted molar refractivity (Wildman–Crippen MR) is 74.0 cm³/mol. The van der Waals surface area contributed by atoms with Gasteiger partial charge in [0.2, 0.25) is 0 Å². The van der Waals surface area contributed by atoms with Crippen LogP contribution in [0.5, 0.6) is 0 Å². The van der Waals surface area contributed by atoms with Crippen LogP contribution in [0.1, 0.15) is 46.0 Å². The van der Waals surface area contributed by atoms with Gasteiger partial charge in [-0.2, -0.15) is 0 Å². The number of aliphatic carboxylic acids is 1. The fraction of sp³-hybridized carbons (Fsp3) is 0.857. The SMILES string of the molecule is CC1CCCC(NC(=O)N(C)CC(C)C(=O)O)CC1. The lowest BCUT2D eigenvalue weighted by Gasteiger charge is -2.24. The molecule has 0 aliphatic heterocycles. The van der Waals surface area contributed by atoms with Gasteiger partial charge in [-0.15, -0.1) is 0 Å². The van der Waals surface area contributed by atoms with Crippen LogP contribution in [0, 0.1) is 11.8 Å². The maximum absolute atomic E-state index is 12.0. The van der Waals surface area contributed by atoms with Crippen molar-refractivity contribution in [2.45, 2.75) is 52.0 Å². The Balaban J connectivity index is 2.38. The topological polar surface area (TPSA) is 69.6 Å². The van der Waals surface area contributed by atoms with Crippen molar-refractivity contribution in [2.75, 3.05) is 13.6 Å². The van der Waals surface area contributed by atoms with Crippen molar-refractivity contribution in [1.29, 1.82) is 0 Å². The molecule has 1 aliphatic rings.